The predicted molar refractivity (Wildman–Crippen MR) is 130 cm³/mol. The zero-order valence-corrected chi connectivity index (χ0v) is 20.2. The molecule has 4 rings (SSSR count). The van der Waals surface area contributed by atoms with Crippen molar-refractivity contribution < 1.29 is 18.0 Å². The van der Waals surface area contributed by atoms with E-state index >= 15 is 0 Å². The van der Waals surface area contributed by atoms with Crippen LogP contribution in [0.3, 0.4) is 0 Å². The number of halogens is 4. The quantitative estimate of drug-likeness (QED) is 0.400. The van der Waals surface area contributed by atoms with Crippen LogP contribution in [0.4, 0.5) is 13.2 Å². The van der Waals surface area contributed by atoms with Crippen LogP contribution in [-0.4, -0.2) is 28.3 Å². The Kier molecular flexibility index (Phi) is 7.82. The average molecular weight is 505 g/mol. The topological polar surface area (TPSA) is 59.0 Å². The zero-order chi connectivity index (χ0) is 25.0. The fraction of sp³-hybridized carbons (Fsp3) is 0.385. The van der Waals surface area contributed by atoms with Gasteiger partial charge in [0, 0.05) is 24.3 Å². The number of piperidine rings is 1. The van der Waals surface area contributed by atoms with Gasteiger partial charge in [0.15, 0.2) is 0 Å². The van der Waals surface area contributed by atoms with E-state index in [1.54, 1.807) is 0 Å². The molecule has 186 valence electrons. The van der Waals surface area contributed by atoms with Crippen molar-refractivity contribution in [1.82, 2.24) is 20.4 Å². The number of aromatic nitrogens is 2. The predicted octanol–water partition coefficient (Wildman–Crippen LogP) is 6.25. The first-order valence-corrected chi connectivity index (χ1v) is 12.2. The second-order valence-electron chi connectivity index (χ2n) is 8.79. The van der Waals surface area contributed by atoms with Gasteiger partial charge in [0.2, 0.25) is 0 Å². The van der Waals surface area contributed by atoms with E-state index in [0.29, 0.717) is 0 Å². The SMILES string of the molecule is CCCn1cc(-c2cccc([C@H](NC(=O)c3cccc(C(F)(F)F)c3Cl)[C@@H]3CCCCN3)c2)cn1. The Bertz CT molecular complexity index is 1170. The number of nitrogens with one attached hydrogen (secondary N) is 2. The lowest BCUT2D eigenvalue weighted by molar-refractivity contribution is -0.137. The molecule has 1 aliphatic heterocycles. The number of alkyl halides is 3. The third-order valence-electron chi connectivity index (χ3n) is 6.25. The molecule has 0 unspecified atom stereocenters. The normalized spacial score (nSPS) is 17.2. The van der Waals surface area contributed by atoms with Gasteiger partial charge in [-0.1, -0.05) is 49.2 Å². The minimum absolute atomic E-state index is 0.0599. The average Bonchev–Trinajstić information content (AvgIpc) is 3.31. The second kappa shape index (κ2) is 10.8. The summed E-state index contributed by atoms with van der Waals surface area (Å²) in [5.41, 5.74) is 1.56. The van der Waals surface area contributed by atoms with E-state index in [1.165, 1.54) is 12.1 Å². The zero-order valence-electron chi connectivity index (χ0n) is 19.4. The van der Waals surface area contributed by atoms with Gasteiger partial charge in [-0.2, -0.15) is 18.3 Å². The Hall–Kier alpha value is -2.84. The minimum Gasteiger partial charge on any atom is -0.344 e. The lowest BCUT2D eigenvalue weighted by Gasteiger charge is -2.32. The standard InChI is InChI=1S/C26H28ClF3N4O/c1-2-13-34-16-19(15-32-34)17-7-5-8-18(14-17)24(22-11-3-4-12-31-22)33-25(35)20-9-6-10-21(23(20)27)26(28,29)30/h5-10,14-16,22,24,31H,2-4,11-13H2,1H3,(H,33,35)/t22-,24-/m0/s1. The molecule has 3 aromatic rings. The van der Waals surface area contributed by atoms with Gasteiger partial charge < -0.3 is 10.6 Å². The summed E-state index contributed by atoms with van der Waals surface area (Å²) < 4.78 is 41.9. The van der Waals surface area contributed by atoms with Gasteiger partial charge in [0.1, 0.15) is 0 Å². The van der Waals surface area contributed by atoms with E-state index in [-0.39, 0.29) is 11.6 Å². The van der Waals surface area contributed by atoms with Crippen molar-refractivity contribution in [1.29, 1.82) is 0 Å². The first-order valence-electron chi connectivity index (χ1n) is 11.8. The molecule has 1 fully saturated rings. The third-order valence-corrected chi connectivity index (χ3v) is 6.66. The molecular weight excluding hydrogens is 477 g/mol. The van der Waals surface area contributed by atoms with Gasteiger partial charge in [-0.3, -0.25) is 9.48 Å². The Morgan fingerprint density at radius 3 is 2.74 bits per heavy atom. The summed E-state index contributed by atoms with van der Waals surface area (Å²) in [6, 6.07) is 10.7. The van der Waals surface area contributed by atoms with Crippen LogP contribution in [0.15, 0.2) is 54.9 Å². The number of hydrogen-bond acceptors (Lipinski definition) is 3. The van der Waals surface area contributed by atoms with E-state index < -0.39 is 28.7 Å². The molecular formula is C26H28ClF3N4O. The molecule has 9 heteroatoms. The van der Waals surface area contributed by atoms with Crippen LogP contribution < -0.4 is 10.6 Å². The highest BCUT2D eigenvalue weighted by Gasteiger charge is 2.35. The summed E-state index contributed by atoms with van der Waals surface area (Å²) in [6.07, 6.45) is 2.99. The van der Waals surface area contributed by atoms with E-state index in [9.17, 15) is 18.0 Å². The van der Waals surface area contributed by atoms with Crippen molar-refractivity contribution in [3.63, 3.8) is 0 Å². The molecule has 2 N–H and O–H groups in total. The fourth-order valence-corrected chi connectivity index (χ4v) is 4.82. The van der Waals surface area contributed by atoms with Gasteiger partial charge in [-0.25, -0.2) is 0 Å². The number of benzene rings is 2. The highest BCUT2D eigenvalue weighted by molar-refractivity contribution is 6.34. The van der Waals surface area contributed by atoms with E-state index in [1.807, 2.05) is 41.3 Å². The molecule has 1 aliphatic rings. The third kappa shape index (κ3) is 5.87. The molecule has 0 spiro atoms. The molecule has 0 radical (unpaired) electrons. The van der Waals surface area contributed by atoms with Crippen LogP contribution in [0.1, 0.15) is 60.1 Å². The lowest BCUT2D eigenvalue weighted by atomic mass is 9.90. The number of amides is 1. The van der Waals surface area contributed by atoms with Crippen LogP contribution in [0.2, 0.25) is 5.02 Å². The summed E-state index contributed by atoms with van der Waals surface area (Å²) in [6.45, 7) is 3.72. The highest BCUT2D eigenvalue weighted by Crippen LogP contribution is 2.36. The molecule has 1 saturated heterocycles. The summed E-state index contributed by atoms with van der Waals surface area (Å²) in [5, 5.41) is 10.2. The molecule has 2 heterocycles. The monoisotopic (exact) mass is 504 g/mol. The van der Waals surface area contributed by atoms with Crippen LogP contribution in [-0.2, 0) is 12.7 Å². The molecule has 0 aliphatic carbocycles. The molecule has 0 saturated carbocycles. The van der Waals surface area contributed by atoms with E-state index in [2.05, 4.69) is 22.7 Å². The lowest BCUT2D eigenvalue weighted by Crippen LogP contribution is -2.46. The molecule has 5 nitrogen and oxygen atoms in total. The van der Waals surface area contributed by atoms with Crippen molar-refractivity contribution in [2.24, 2.45) is 0 Å². The second-order valence-corrected chi connectivity index (χ2v) is 9.17. The number of carbonyl (C=O) groups is 1. The van der Waals surface area contributed by atoms with Crippen LogP contribution in [0, 0.1) is 0 Å². The summed E-state index contributed by atoms with van der Waals surface area (Å²) in [4.78, 5) is 13.2. The Labute approximate surface area is 207 Å². The molecule has 35 heavy (non-hydrogen) atoms. The molecule has 2 aromatic carbocycles. The van der Waals surface area contributed by atoms with Crippen molar-refractivity contribution in [2.45, 2.75) is 57.4 Å². The molecule has 0 bridgehead atoms. The number of aryl methyl sites for hydroxylation is 1. The smallest absolute Gasteiger partial charge is 0.344 e. The fourth-order valence-electron chi connectivity index (χ4n) is 4.50. The van der Waals surface area contributed by atoms with Gasteiger partial charge in [-0.15, -0.1) is 0 Å². The van der Waals surface area contributed by atoms with Crippen LogP contribution in [0.25, 0.3) is 11.1 Å². The van der Waals surface area contributed by atoms with Crippen LogP contribution >= 0.6 is 11.6 Å². The first kappa shape index (κ1) is 25.3. The van der Waals surface area contributed by atoms with Gasteiger partial charge in [0.05, 0.1) is 28.4 Å². The Morgan fingerprint density at radius 2 is 2.03 bits per heavy atom. The summed E-state index contributed by atoms with van der Waals surface area (Å²) >= 11 is 6.03. The molecule has 1 aromatic heterocycles. The van der Waals surface area contributed by atoms with E-state index in [0.717, 1.165) is 61.5 Å². The van der Waals surface area contributed by atoms with Gasteiger partial charge in [0.25, 0.3) is 5.91 Å². The number of rotatable bonds is 7. The largest absolute Gasteiger partial charge is 0.417 e. The van der Waals surface area contributed by atoms with Gasteiger partial charge >= 0.3 is 6.18 Å². The highest BCUT2D eigenvalue weighted by atomic mass is 35.5. The van der Waals surface area contributed by atoms with Crippen LogP contribution in [0.5, 0.6) is 0 Å². The maximum atomic E-state index is 13.3. The van der Waals surface area contributed by atoms with Crippen molar-refractivity contribution in [3.05, 3.63) is 76.6 Å². The summed E-state index contributed by atoms with van der Waals surface area (Å²) in [7, 11) is 0. The Balaban J connectivity index is 1.66. The first-order chi connectivity index (χ1) is 16.8. The molecule has 2 atom stereocenters. The van der Waals surface area contributed by atoms with Crippen molar-refractivity contribution >= 4 is 17.5 Å². The summed E-state index contributed by atoms with van der Waals surface area (Å²) in [5.74, 6) is -0.639. The minimum atomic E-state index is -4.64. The molecule has 1 amide bonds. The number of hydrogen-bond donors (Lipinski definition) is 2. The Morgan fingerprint density at radius 1 is 1.23 bits per heavy atom. The maximum Gasteiger partial charge on any atom is 0.417 e. The van der Waals surface area contributed by atoms with Crippen molar-refractivity contribution in [2.75, 3.05) is 6.54 Å². The maximum absolute atomic E-state index is 13.3. The van der Waals surface area contributed by atoms with E-state index in [4.69, 9.17) is 11.6 Å². The number of carbonyl (C=O) groups excluding carboxylic acids is 1. The number of nitrogens with zero attached hydrogens (tertiary/aromatic N) is 2. The van der Waals surface area contributed by atoms with Crippen molar-refractivity contribution in [3.8, 4) is 11.1 Å². The van der Waals surface area contributed by atoms with Gasteiger partial charge in [-0.05, 0) is 55.1 Å².